The minimum atomic E-state index is 0.817. The van der Waals surface area contributed by atoms with E-state index in [4.69, 9.17) is 0 Å². The summed E-state index contributed by atoms with van der Waals surface area (Å²) in [6.45, 7) is 2.27. The number of hydrogen-bond donors (Lipinski definition) is 1. The molecule has 17 heavy (non-hydrogen) atoms. The van der Waals surface area contributed by atoms with E-state index >= 15 is 0 Å². The van der Waals surface area contributed by atoms with Crippen molar-refractivity contribution >= 4 is 0 Å². The summed E-state index contributed by atoms with van der Waals surface area (Å²) >= 11 is 0. The molecule has 0 spiro atoms. The van der Waals surface area contributed by atoms with E-state index in [1.807, 2.05) is 0 Å². The van der Waals surface area contributed by atoms with Gasteiger partial charge in [0.25, 0.3) is 0 Å². The summed E-state index contributed by atoms with van der Waals surface area (Å²) in [5.74, 6) is 1.01. The zero-order valence-corrected chi connectivity index (χ0v) is 10.7. The van der Waals surface area contributed by atoms with Crippen molar-refractivity contribution in [2.24, 2.45) is 5.92 Å². The molecule has 2 aliphatic rings. The van der Waals surface area contributed by atoms with Crippen molar-refractivity contribution in [3.63, 3.8) is 0 Å². The Bertz CT molecular complexity index is 346. The standard InChI is InChI=1S/C15H24N2/c1-2-4-13(3-1)7-9-17-10-8-14(12-17)11-16-15-5-6-15/h8,10,12-13,15-16H,1-7,9,11H2. The molecule has 2 heteroatoms. The van der Waals surface area contributed by atoms with Crippen LogP contribution in [0.3, 0.4) is 0 Å². The van der Waals surface area contributed by atoms with Crippen molar-refractivity contribution in [2.75, 3.05) is 0 Å². The SMILES string of the molecule is c1cn(CCC2CCCC2)cc1CNC1CC1. The van der Waals surface area contributed by atoms with Crippen LogP contribution in [0.5, 0.6) is 0 Å². The van der Waals surface area contributed by atoms with Crippen LogP contribution in [-0.4, -0.2) is 10.6 Å². The molecule has 0 aliphatic heterocycles. The molecule has 1 heterocycles. The van der Waals surface area contributed by atoms with Crippen LogP contribution in [0, 0.1) is 5.92 Å². The topological polar surface area (TPSA) is 17.0 Å². The van der Waals surface area contributed by atoms with Crippen molar-refractivity contribution in [1.82, 2.24) is 9.88 Å². The molecule has 2 nitrogen and oxygen atoms in total. The Kier molecular flexibility index (Phi) is 3.51. The summed E-state index contributed by atoms with van der Waals surface area (Å²) in [7, 11) is 0. The second-order valence-electron chi connectivity index (χ2n) is 5.85. The van der Waals surface area contributed by atoms with E-state index < -0.39 is 0 Å². The molecule has 1 aromatic heterocycles. The second kappa shape index (κ2) is 5.26. The Morgan fingerprint density at radius 2 is 2.00 bits per heavy atom. The molecular formula is C15H24N2. The quantitative estimate of drug-likeness (QED) is 0.796. The Morgan fingerprint density at radius 1 is 1.18 bits per heavy atom. The van der Waals surface area contributed by atoms with Crippen LogP contribution in [0.25, 0.3) is 0 Å². The highest BCUT2D eigenvalue weighted by atomic mass is 15.0. The average molecular weight is 232 g/mol. The zero-order chi connectivity index (χ0) is 11.5. The lowest BCUT2D eigenvalue weighted by Gasteiger charge is -2.09. The normalized spacial score (nSPS) is 21.2. The van der Waals surface area contributed by atoms with Crippen LogP contribution in [0.4, 0.5) is 0 Å². The Labute approximate surface area is 104 Å². The monoisotopic (exact) mass is 232 g/mol. The third-order valence-corrected chi connectivity index (χ3v) is 4.25. The van der Waals surface area contributed by atoms with Crippen LogP contribution in [0.1, 0.15) is 50.5 Å². The van der Waals surface area contributed by atoms with Gasteiger partial charge in [0.05, 0.1) is 0 Å². The Morgan fingerprint density at radius 3 is 2.76 bits per heavy atom. The highest BCUT2D eigenvalue weighted by Crippen LogP contribution is 2.28. The van der Waals surface area contributed by atoms with E-state index in [0.29, 0.717) is 0 Å². The average Bonchev–Trinajstić information content (AvgIpc) is 2.86. The molecule has 2 saturated carbocycles. The molecule has 0 unspecified atom stereocenters. The zero-order valence-electron chi connectivity index (χ0n) is 10.7. The molecule has 1 aromatic rings. The molecule has 0 radical (unpaired) electrons. The highest BCUT2D eigenvalue weighted by molar-refractivity contribution is 5.10. The lowest BCUT2D eigenvalue weighted by molar-refractivity contribution is 0.458. The van der Waals surface area contributed by atoms with E-state index in [9.17, 15) is 0 Å². The number of nitrogens with zero attached hydrogens (tertiary/aromatic N) is 1. The minimum absolute atomic E-state index is 0.817. The summed E-state index contributed by atoms with van der Waals surface area (Å²) in [6, 6.07) is 3.08. The fourth-order valence-electron chi connectivity index (χ4n) is 2.91. The van der Waals surface area contributed by atoms with Gasteiger partial charge in [-0.15, -0.1) is 0 Å². The first kappa shape index (κ1) is 11.3. The third kappa shape index (κ3) is 3.35. The van der Waals surface area contributed by atoms with E-state index in [0.717, 1.165) is 18.5 Å². The maximum absolute atomic E-state index is 3.57. The lowest BCUT2D eigenvalue weighted by Crippen LogP contribution is -2.14. The number of rotatable bonds is 6. The molecule has 0 saturated heterocycles. The summed E-state index contributed by atoms with van der Waals surface area (Å²) in [6.07, 6.45) is 14.6. The van der Waals surface area contributed by atoms with Gasteiger partial charge >= 0.3 is 0 Å². The van der Waals surface area contributed by atoms with E-state index in [-0.39, 0.29) is 0 Å². The van der Waals surface area contributed by atoms with E-state index in [2.05, 4.69) is 28.3 Å². The Hall–Kier alpha value is -0.760. The van der Waals surface area contributed by atoms with Crippen LogP contribution < -0.4 is 5.32 Å². The van der Waals surface area contributed by atoms with Gasteiger partial charge in [0.2, 0.25) is 0 Å². The van der Waals surface area contributed by atoms with Crippen molar-refractivity contribution in [1.29, 1.82) is 0 Å². The summed E-state index contributed by atoms with van der Waals surface area (Å²) < 4.78 is 2.38. The van der Waals surface area contributed by atoms with Crippen LogP contribution in [0.15, 0.2) is 18.5 Å². The third-order valence-electron chi connectivity index (χ3n) is 4.25. The predicted octanol–water partition coefficient (Wildman–Crippen LogP) is 3.32. The molecule has 1 N–H and O–H groups in total. The van der Waals surface area contributed by atoms with Gasteiger partial charge < -0.3 is 9.88 Å². The first-order valence-electron chi connectivity index (χ1n) is 7.28. The van der Waals surface area contributed by atoms with Gasteiger partial charge in [0.15, 0.2) is 0 Å². The van der Waals surface area contributed by atoms with Crippen LogP contribution >= 0.6 is 0 Å². The lowest BCUT2D eigenvalue weighted by atomic mass is 10.0. The van der Waals surface area contributed by atoms with Crippen LogP contribution in [0.2, 0.25) is 0 Å². The van der Waals surface area contributed by atoms with Gasteiger partial charge in [0, 0.05) is 31.5 Å². The Balaban J connectivity index is 1.42. The van der Waals surface area contributed by atoms with Gasteiger partial charge in [-0.25, -0.2) is 0 Å². The minimum Gasteiger partial charge on any atom is -0.354 e. The molecule has 3 rings (SSSR count). The fourth-order valence-corrected chi connectivity index (χ4v) is 2.91. The van der Waals surface area contributed by atoms with Crippen molar-refractivity contribution < 1.29 is 0 Å². The molecule has 94 valence electrons. The molecule has 0 amide bonds. The fraction of sp³-hybridized carbons (Fsp3) is 0.733. The number of nitrogens with one attached hydrogen (secondary N) is 1. The van der Waals surface area contributed by atoms with Gasteiger partial charge in [0.1, 0.15) is 0 Å². The predicted molar refractivity (Wildman–Crippen MR) is 70.9 cm³/mol. The number of aryl methyl sites for hydroxylation is 1. The summed E-state index contributed by atoms with van der Waals surface area (Å²) in [4.78, 5) is 0. The van der Waals surface area contributed by atoms with Crippen LogP contribution in [-0.2, 0) is 13.1 Å². The molecule has 2 aliphatic carbocycles. The van der Waals surface area contributed by atoms with E-state index in [1.54, 1.807) is 0 Å². The maximum Gasteiger partial charge on any atom is 0.0223 e. The molecule has 2 fully saturated rings. The maximum atomic E-state index is 3.57. The highest BCUT2D eigenvalue weighted by Gasteiger charge is 2.20. The first-order chi connectivity index (χ1) is 8.40. The first-order valence-corrected chi connectivity index (χ1v) is 7.28. The smallest absolute Gasteiger partial charge is 0.0223 e. The van der Waals surface area contributed by atoms with E-state index in [1.165, 1.54) is 57.1 Å². The number of aromatic nitrogens is 1. The van der Waals surface area contributed by atoms with Crippen molar-refractivity contribution in [3.8, 4) is 0 Å². The molecule has 0 atom stereocenters. The van der Waals surface area contributed by atoms with Gasteiger partial charge in [-0.3, -0.25) is 0 Å². The molecule has 0 aromatic carbocycles. The van der Waals surface area contributed by atoms with Gasteiger partial charge in [-0.1, -0.05) is 25.7 Å². The van der Waals surface area contributed by atoms with Crippen molar-refractivity contribution in [2.45, 2.75) is 64.1 Å². The van der Waals surface area contributed by atoms with Crippen molar-refractivity contribution in [3.05, 3.63) is 24.0 Å². The van der Waals surface area contributed by atoms with Gasteiger partial charge in [-0.05, 0) is 36.8 Å². The second-order valence-corrected chi connectivity index (χ2v) is 5.85. The summed E-state index contributed by atoms with van der Waals surface area (Å²) in [5.41, 5.74) is 1.45. The molecular weight excluding hydrogens is 208 g/mol. The number of hydrogen-bond acceptors (Lipinski definition) is 1. The molecule has 0 bridgehead atoms. The largest absolute Gasteiger partial charge is 0.354 e. The summed E-state index contributed by atoms with van der Waals surface area (Å²) in [5, 5.41) is 3.57. The van der Waals surface area contributed by atoms with Gasteiger partial charge in [-0.2, -0.15) is 0 Å².